The van der Waals surface area contributed by atoms with Crippen molar-refractivity contribution in [1.29, 1.82) is 0 Å². The number of aliphatic hydroxyl groups excluding tert-OH is 1. The van der Waals surface area contributed by atoms with Crippen molar-refractivity contribution < 1.29 is 13.5 Å². The second-order valence-electron chi connectivity index (χ2n) is 4.46. The van der Waals surface area contributed by atoms with Crippen molar-refractivity contribution >= 4 is 21.8 Å². The summed E-state index contributed by atoms with van der Waals surface area (Å²) in [6.45, 7) is 3.48. The van der Waals surface area contributed by atoms with Crippen LogP contribution < -0.4 is 0 Å². The van der Waals surface area contributed by atoms with Crippen LogP contribution in [0.25, 0.3) is 0 Å². The molecule has 0 aromatic rings. The maximum Gasteiger partial charge on any atom is 0.211 e. The number of aliphatic hydroxyl groups is 1. The quantitative estimate of drug-likeness (QED) is 0.799. The third-order valence-corrected chi connectivity index (χ3v) is 5.48. The molecule has 96 valence electrons. The molecule has 0 aromatic carbocycles. The zero-order valence-corrected chi connectivity index (χ0v) is 11.6. The molecule has 6 heteroatoms. The SMILES string of the molecule is CC(CO)SCC1CCCN(S(C)(=O)=O)C1. The monoisotopic (exact) mass is 267 g/mol. The highest BCUT2D eigenvalue weighted by atomic mass is 32.2. The molecule has 16 heavy (non-hydrogen) atoms. The summed E-state index contributed by atoms with van der Waals surface area (Å²) >= 11 is 1.72. The lowest BCUT2D eigenvalue weighted by Gasteiger charge is -2.31. The van der Waals surface area contributed by atoms with E-state index >= 15 is 0 Å². The van der Waals surface area contributed by atoms with Crippen LogP contribution in [0.15, 0.2) is 0 Å². The van der Waals surface area contributed by atoms with Gasteiger partial charge in [0, 0.05) is 18.3 Å². The topological polar surface area (TPSA) is 57.6 Å². The van der Waals surface area contributed by atoms with Crippen LogP contribution in [0.2, 0.25) is 0 Å². The highest BCUT2D eigenvalue weighted by molar-refractivity contribution is 7.99. The Hall–Kier alpha value is 0.220. The van der Waals surface area contributed by atoms with E-state index in [1.54, 1.807) is 16.1 Å². The third-order valence-electron chi connectivity index (χ3n) is 2.82. The van der Waals surface area contributed by atoms with E-state index in [1.807, 2.05) is 6.92 Å². The summed E-state index contributed by atoms with van der Waals surface area (Å²) in [5, 5.41) is 9.16. The van der Waals surface area contributed by atoms with Crippen molar-refractivity contribution in [3.63, 3.8) is 0 Å². The molecule has 1 N–H and O–H groups in total. The van der Waals surface area contributed by atoms with Crippen LogP contribution >= 0.6 is 11.8 Å². The molecule has 0 aliphatic carbocycles. The average molecular weight is 267 g/mol. The molecule has 4 nitrogen and oxygen atoms in total. The van der Waals surface area contributed by atoms with Gasteiger partial charge in [-0.05, 0) is 24.5 Å². The van der Waals surface area contributed by atoms with E-state index in [0.29, 0.717) is 19.0 Å². The Kier molecular flexibility index (Phi) is 5.56. The minimum Gasteiger partial charge on any atom is -0.395 e. The molecule has 1 aliphatic heterocycles. The Morgan fingerprint density at radius 3 is 2.81 bits per heavy atom. The van der Waals surface area contributed by atoms with Crippen LogP contribution in [0.3, 0.4) is 0 Å². The third kappa shape index (κ3) is 4.61. The fraction of sp³-hybridized carbons (Fsp3) is 1.00. The molecule has 2 atom stereocenters. The normalized spacial score (nSPS) is 25.6. The van der Waals surface area contributed by atoms with E-state index in [9.17, 15) is 8.42 Å². The first-order valence-electron chi connectivity index (χ1n) is 5.61. The lowest BCUT2D eigenvalue weighted by molar-refractivity contribution is 0.284. The highest BCUT2D eigenvalue weighted by Crippen LogP contribution is 2.24. The minimum atomic E-state index is -3.03. The summed E-state index contributed by atoms with van der Waals surface area (Å²) in [5.74, 6) is 1.37. The Bertz CT molecular complexity index is 305. The molecule has 1 fully saturated rings. The molecule has 0 spiro atoms. The van der Waals surface area contributed by atoms with Crippen LogP contribution in [-0.4, -0.2) is 54.8 Å². The lowest BCUT2D eigenvalue weighted by Crippen LogP contribution is -2.40. The second-order valence-corrected chi connectivity index (χ2v) is 7.91. The Morgan fingerprint density at radius 2 is 2.25 bits per heavy atom. The zero-order valence-electron chi connectivity index (χ0n) is 9.92. The molecule has 1 rings (SSSR count). The van der Waals surface area contributed by atoms with Gasteiger partial charge in [-0.3, -0.25) is 0 Å². The van der Waals surface area contributed by atoms with Crippen LogP contribution in [0.1, 0.15) is 19.8 Å². The molecule has 0 saturated carbocycles. The molecule has 0 radical (unpaired) electrons. The van der Waals surface area contributed by atoms with E-state index in [1.165, 1.54) is 6.26 Å². The number of hydrogen-bond acceptors (Lipinski definition) is 4. The van der Waals surface area contributed by atoms with Gasteiger partial charge in [-0.2, -0.15) is 11.8 Å². The van der Waals surface area contributed by atoms with Gasteiger partial charge in [-0.25, -0.2) is 12.7 Å². The molecule has 0 amide bonds. The van der Waals surface area contributed by atoms with Crippen molar-refractivity contribution in [2.24, 2.45) is 5.92 Å². The second kappa shape index (κ2) is 6.23. The largest absolute Gasteiger partial charge is 0.395 e. The summed E-state index contributed by atoms with van der Waals surface area (Å²) < 4.78 is 24.4. The lowest BCUT2D eigenvalue weighted by atomic mass is 10.0. The van der Waals surface area contributed by atoms with Crippen molar-refractivity contribution in [1.82, 2.24) is 4.31 Å². The molecule has 1 heterocycles. The van der Waals surface area contributed by atoms with Gasteiger partial charge in [-0.1, -0.05) is 6.92 Å². The van der Waals surface area contributed by atoms with E-state index in [0.717, 1.165) is 18.6 Å². The van der Waals surface area contributed by atoms with Gasteiger partial charge in [0.15, 0.2) is 0 Å². The summed E-state index contributed by atoms with van der Waals surface area (Å²) in [7, 11) is -3.03. The fourth-order valence-corrected chi connectivity index (χ4v) is 3.74. The Labute approximate surface area is 102 Å². The molecule has 1 saturated heterocycles. The number of piperidine rings is 1. The van der Waals surface area contributed by atoms with Gasteiger partial charge in [0.05, 0.1) is 12.9 Å². The van der Waals surface area contributed by atoms with Gasteiger partial charge in [0.1, 0.15) is 0 Å². The number of rotatable bonds is 5. The van der Waals surface area contributed by atoms with Gasteiger partial charge < -0.3 is 5.11 Å². The maximum atomic E-state index is 11.4. The summed E-state index contributed by atoms with van der Waals surface area (Å²) in [5.41, 5.74) is 0. The summed E-state index contributed by atoms with van der Waals surface area (Å²) in [6, 6.07) is 0. The Morgan fingerprint density at radius 1 is 1.56 bits per heavy atom. The van der Waals surface area contributed by atoms with Crippen molar-refractivity contribution in [3.05, 3.63) is 0 Å². The molecule has 0 aromatic heterocycles. The van der Waals surface area contributed by atoms with Crippen molar-refractivity contribution in [2.45, 2.75) is 25.0 Å². The zero-order chi connectivity index (χ0) is 12.2. The van der Waals surface area contributed by atoms with E-state index in [4.69, 9.17) is 5.11 Å². The predicted molar refractivity (Wildman–Crippen MR) is 68.1 cm³/mol. The molecule has 0 bridgehead atoms. The van der Waals surface area contributed by atoms with Gasteiger partial charge >= 0.3 is 0 Å². The molecule has 2 unspecified atom stereocenters. The van der Waals surface area contributed by atoms with E-state index in [-0.39, 0.29) is 11.9 Å². The van der Waals surface area contributed by atoms with Gasteiger partial charge in [-0.15, -0.1) is 0 Å². The highest BCUT2D eigenvalue weighted by Gasteiger charge is 2.25. The molecule has 1 aliphatic rings. The van der Waals surface area contributed by atoms with E-state index in [2.05, 4.69) is 0 Å². The smallest absolute Gasteiger partial charge is 0.211 e. The van der Waals surface area contributed by atoms with Crippen molar-refractivity contribution in [3.8, 4) is 0 Å². The number of sulfonamides is 1. The summed E-state index contributed by atoms with van der Waals surface area (Å²) in [4.78, 5) is 0. The fourth-order valence-electron chi connectivity index (χ4n) is 1.82. The minimum absolute atomic E-state index is 0.188. The van der Waals surface area contributed by atoms with Gasteiger partial charge in [0.2, 0.25) is 10.0 Å². The van der Waals surface area contributed by atoms with Crippen LogP contribution in [0.5, 0.6) is 0 Å². The van der Waals surface area contributed by atoms with Crippen molar-refractivity contribution in [2.75, 3.05) is 31.7 Å². The average Bonchev–Trinajstić information content (AvgIpc) is 2.25. The first-order chi connectivity index (χ1) is 7.43. The Balaban J connectivity index is 2.39. The standard InChI is InChI=1S/C10H21NO3S2/c1-9(7-12)15-8-10-4-3-5-11(6-10)16(2,13)14/h9-10,12H,3-8H2,1-2H3. The first kappa shape index (κ1) is 14.3. The number of hydrogen-bond donors (Lipinski definition) is 1. The van der Waals surface area contributed by atoms with Crippen LogP contribution in [-0.2, 0) is 10.0 Å². The van der Waals surface area contributed by atoms with Crippen LogP contribution in [0.4, 0.5) is 0 Å². The number of thioether (sulfide) groups is 1. The maximum absolute atomic E-state index is 11.4. The number of nitrogens with zero attached hydrogens (tertiary/aromatic N) is 1. The molecular formula is C10H21NO3S2. The van der Waals surface area contributed by atoms with Gasteiger partial charge in [0.25, 0.3) is 0 Å². The molecular weight excluding hydrogens is 246 g/mol. The predicted octanol–water partition coefficient (Wildman–Crippen LogP) is 0.772. The van der Waals surface area contributed by atoms with Crippen LogP contribution in [0, 0.1) is 5.92 Å². The van der Waals surface area contributed by atoms with E-state index < -0.39 is 10.0 Å². The summed E-state index contributed by atoms with van der Waals surface area (Å²) in [6.07, 6.45) is 3.32. The first-order valence-corrected chi connectivity index (χ1v) is 8.50.